The summed E-state index contributed by atoms with van der Waals surface area (Å²) in [4.78, 5) is 25.4. The zero-order chi connectivity index (χ0) is 20.8. The third-order valence-electron chi connectivity index (χ3n) is 5.05. The van der Waals surface area contributed by atoms with Gasteiger partial charge in [-0.2, -0.15) is 0 Å². The first-order valence-electron chi connectivity index (χ1n) is 10.8. The van der Waals surface area contributed by atoms with Gasteiger partial charge in [0.1, 0.15) is 0 Å². The van der Waals surface area contributed by atoms with Crippen LogP contribution in [0.2, 0.25) is 0 Å². The van der Waals surface area contributed by atoms with Crippen LogP contribution in [-0.2, 0) is 14.3 Å². The monoisotopic (exact) mass is 391 g/mol. The molecule has 158 valence electrons. The molecule has 0 aromatic carbocycles. The lowest BCUT2D eigenvalue weighted by molar-refractivity contribution is -0.143. The zero-order valence-corrected chi connectivity index (χ0v) is 17.8. The van der Waals surface area contributed by atoms with Gasteiger partial charge in [-0.05, 0) is 32.1 Å². The third-order valence-corrected chi connectivity index (χ3v) is 5.05. The highest BCUT2D eigenvalue weighted by atomic mass is 16.5. The summed E-state index contributed by atoms with van der Waals surface area (Å²) < 4.78 is 4.92. The molecular formula is C23H37NO4. The average molecular weight is 392 g/mol. The van der Waals surface area contributed by atoms with Crippen molar-refractivity contribution >= 4 is 11.9 Å². The minimum absolute atomic E-state index is 0.0793. The Morgan fingerprint density at radius 2 is 2.04 bits per heavy atom. The fraction of sp³-hybridized carbons (Fsp3) is 0.739. The first kappa shape index (κ1) is 24.2. The molecule has 1 fully saturated rings. The number of ether oxygens (including phenoxy) is 1. The molecule has 1 heterocycles. The van der Waals surface area contributed by atoms with E-state index in [-0.39, 0.29) is 23.8 Å². The molecule has 1 N–H and O–H groups in total. The second kappa shape index (κ2) is 14.2. The molecule has 3 atom stereocenters. The Hall–Kier alpha value is -1.80. The Balaban J connectivity index is 2.34. The summed E-state index contributed by atoms with van der Waals surface area (Å²) in [5.41, 5.74) is 0. The van der Waals surface area contributed by atoms with E-state index >= 15 is 0 Å². The average Bonchev–Trinajstić information content (AvgIpc) is 3.02. The van der Waals surface area contributed by atoms with Crippen molar-refractivity contribution in [2.75, 3.05) is 13.2 Å². The first-order chi connectivity index (χ1) is 13.5. The van der Waals surface area contributed by atoms with Gasteiger partial charge in [-0.25, -0.2) is 0 Å². The second-order valence-corrected chi connectivity index (χ2v) is 7.43. The maximum atomic E-state index is 12.2. The van der Waals surface area contributed by atoms with Crippen LogP contribution in [0.3, 0.4) is 0 Å². The van der Waals surface area contributed by atoms with Crippen LogP contribution in [0.25, 0.3) is 0 Å². The number of nitrogens with zero attached hydrogens (tertiary/aromatic N) is 1. The summed E-state index contributed by atoms with van der Waals surface area (Å²) in [5, 5.41) is 10.3. The fourth-order valence-electron chi connectivity index (χ4n) is 3.30. The molecule has 5 nitrogen and oxygen atoms in total. The van der Waals surface area contributed by atoms with Gasteiger partial charge in [0.2, 0.25) is 5.91 Å². The van der Waals surface area contributed by atoms with E-state index in [1.54, 1.807) is 0 Å². The summed E-state index contributed by atoms with van der Waals surface area (Å²) in [6, 6.07) is 0.0793. The highest BCUT2D eigenvalue weighted by Gasteiger charge is 2.28. The van der Waals surface area contributed by atoms with Crippen LogP contribution in [0, 0.1) is 17.8 Å². The molecule has 28 heavy (non-hydrogen) atoms. The number of esters is 1. The van der Waals surface area contributed by atoms with Crippen molar-refractivity contribution in [3.05, 3.63) is 12.2 Å². The van der Waals surface area contributed by atoms with Gasteiger partial charge in [0.05, 0.1) is 18.8 Å². The van der Waals surface area contributed by atoms with Crippen LogP contribution >= 0.6 is 0 Å². The van der Waals surface area contributed by atoms with Gasteiger partial charge in [-0.1, -0.05) is 38.8 Å². The molecule has 0 aromatic rings. The van der Waals surface area contributed by atoms with E-state index < -0.39 is 6.10 Å². The number of rotatable bonds is 12. The topological polar surface area (TPSA) is 66.8 Å². The van der Waals surface area contributed by atoms with Crippen LogP contribution in [0.5, 0.6) is 0 Å². The van der Waals surface area contributed by atoms with Crippen LogP contribution in [0.1, 0.15) is 78.6 Å². The fourth-order valence-corrected chi connectivity index (χ4v) is 3.30. The maximum Gasteiger partial charge on any atom is 0.305 e. The largest absolute Gasteiger partial charge is 0.466 e. The van der Waals surface area contributed by atoms with Crippen molar-refractivity contribution in [2.24, 2.45) is 5.92 Å². The molecule has 1 aliphatic heterocycles. The van der Waals surface area contributed by atoms with E-state index in [2.05, 4.69) is 11.8 Å². The van der Waals surface area contributed by atoms with Crippen LogP contribution < -0.4 is 0 Å². The number of unbranched alkanes of at least 4 members (excludes halogenated alkanes) is 3. The Bertz CT molecular complexity index is 561. The van der Waals surface area contributed by atoms with E-state index in [1.165, 1.54) is 0 Å². The Labute approximate surface area is 170 Å². The number of carbonyl (C=O) groups is 2. The molecule has 1 aliphatic rings. The van der Waals surface area contributed by atoms with E-state index in [4.69, 9.17) is 4.74 Å². The van der Waals surface area contributed by atoms with Crippen LogP contribution in [0.4, 0.5) is 0 Å². The van der Waals surface area contributed by atoms with Crippen molar-refractivity contribution in [3.8, 4) is 11.8 Å². The van der Waals surface area contributed by atoms with Gasteiger partial charge >= 0.3 is 5.97 Å². The molecule has 0 aliphatic carbocycles. The number of aliphatic hydroxyl groups excluding tert-OH is 1. The highest BCUT2D eigenvalue weighted by molar-refractivity contribution is 5.79. The number of hydrogen-bond acceptors (Lipinski definition) is 4. The van der Waals surface area contributed by atoms with Crippen molar-refractivity contribution < 1.29 is 19.4 Å². The Morgan fingerprint density at radius 1 is 1.29 bits per heavy atom. The predicted molar refractivity (Wildman–Crippen MR) is 111 cm³/mol. The minimum atomic E-state index is -0.536. The summed E-state index contributed by atoms with van der Waals surface area (Å²) in [7, 11) is 0. The normalized spacial score (nSPS) is 18.8. The molecule has 1 saturated heterocycles. The van der Waals surface area contributed by atoms with Crippen molar-refractivity contribution in [1.29, 1.82) is 0 Å². The van der Waals surface area contributed by atoms with Crippen molar-refractivity contribution in [2.45, 2.75) is 90.7 Å². The van der Waals surface area contributed by atoms with Crippen molar-refractivity contribution in [3.63, 3.8) is 0 Å². The minimum Gasteiger partial charge on any atom is -0.466 e. The van der Waals surface area contributed by atoms with E-state index in [1.807, 2.05) is 37.8 Å². The molecule has 0 bridgehead atoms. The molecule has 1 amide bonds. The number of amides is 1. The first-order valence-corrected chi connectivity index (χ1v) is 10.8. The summed E-state index contributed by atoms with van der Waals surface area (Å²) >= 11 is 0. The molecule has 1 unspecified atom stereocenters. The molecule has 0 aromatic heterocycles. The number of likely N-dealkylation sites (tertiary alicyclic amines) is 1. The van der Waals surface area contributed by atoms with E-state index in [0.29, 0.717) is 25.9 Å². The van der Waals surface area contributed by atoms with E-state index in [0.717, 1.165) is 45.1 Å². The van der Waals surface area contributed by atoms with Gasteiger partial charge in [0.15, 0.2) is 0 Å². The Kier molecular flexibility index (Phi) is 12.3. The molecule has 1 rings (SSSR count). The number of carbonyl (C=O) groups excluding carboxylic acids is 2. The third kappa shape index (κ3) is 9.41. The maximum absolute atomic E-state index is 12.2. The molecule has 0 radical (unpaired) electrons. The van der Waals surface area contributed by atoms with Gasteiger partial charge in [-0.3, -0.25) is 9.59 Å². The molecule has 0 spiro atoms. The van der Waals surface area contributed by atoms with Crippen LogP contribution in [-0.4, -0.2) is 47.2 Å². The number of hydrogen-bond donors (Lipinski definition) is 1. The Morgan fingerprint density at radius 3 is 2.75 bits per heavy atom. The van der Waals surface area contributed by atoms with Gasteiger partial charge in [-0.15, -0.1) is 11.8 Å². The summed E-state index contributed by atoms with van der Waals surface area (Å²) in [6.45, 7) is 6.99. The molecular weight excluding hydrogens is 354 g/mol. The zero-order valence-electron chi connectivity index (χ0n) is 17.8. The number of aliphatic hydroxyl groups is 1. The summed E-state index contributed by atoms with van der Waals surface area (Å²) in [5.74, 6) is 6.26. The van der Waals surface area contributed by atoms with Crippen LogP contribution in [0.15, 0.2) is 12.2 Å². The van der Waals surface area contributed by atoms with E-state index in [9.17, 15) is 14.7 Å². The van der Waals surface area contributed by atoms with Crippen molar-refractivity contribution in [1.82, 2.24) is 4.90 Å². The van der Waals surface area contributed by atoms with Gasteiger partial charge in [0, 0.05) is 32.2 Å². The summed E-state index contributed by atoms with van der Waals surface area (Å²) in [6.07, 6.45) is 10.4. The smallest absolute Gasteiger partial charge is 0.305 e. The lowest BCUT2D eigenvalue weighted by Crippen LogP contribution is -2.33. The van der Waals surface area contributed by atoms with Gasteiger partial charge in [0.25, 0.3) is 0 Å². The SMILES string of the molecule is CCC#CC[C@H](C)[C@H](O)C=CC1CCC(=O)N1CCCCCCC(=O)OCC. The quantitative estimate of drug-likeness (QED) is 0.237. The lowest BCUT2D eigenvalue weighted by atomic mass is 10.00. The highest BCUT2D eigenvalue weighted by Crippen LogP contribution is 2.22. The van der Waals surface area contributed by atoms with Gasteiger partial charge < -0.3 is 14.7 Å². The lowest BCUT2D eigenvalue weighted by Gasteiger charge is -2.23. The predicted octanol–water partition coefficient (Wildman–Crippen LogP) is 3.85. The molecule has 0 saturated carbocycles. The second-order valence-electron chi connectivity index (χ2n) is 7.43. The standard InChI is InChI=1S/C23H37NO4/c1-4-6-9-12-19(3)21(25)16-14-20-15-17-22(26)24(20)18-11-8-7-10-13-23(27)28-5-2/h14,16,19-21,25H,4-5,7-8,10-13,15,17-18H2,1-3H3/t19-,20?,21+/m0/s1. The molecule has 5 heteroatoms.